The molecule has 0 radical (unpaired) electrons. The van der Waals surface area contributed by atoms with Gasteiger partial charge in [0, 0.05) is 35.7 Å². The van der Waals surface area contributed by atoms with Crippen molar-refractivity contribution in [2.75, 3.05) is 27.3 Å². The smallest absolute Gasteiger partial charge is 0.337 e. The number of H-pyrrole nitrogens is 1. The van der Waals surface area contributed by atoms with Crippen molar-refractivity contribution in [3.63, 3.8) is 0 Å². The highest BCUT2D eigenvalue weighted by Crippen LogP contribution is 2.41. The maximum atomic E-state index is 12.3. The molecule has 3 aliphatic rings. The molecule has 4 heterocycles. The van der Waals surface area contributed by atoms with E-state index in [4.69, 9.17) is 14.2 Å². The number of piperidine rings is 1. The Labute approximate surface area is 164 Å². The number of hydrogen-bond donors (Lipinski definition) is 2. The Morgan fingerprint density at radius 3 is 2.96 bits per heavy atom. The Morgan fingerprint density at radius 2 is 2.18 bits per heavy atom. The SMILES string of the molecule is COC(=O)C1=CO[C@H](C)[C@@H]2C[NH+]3CCc4c([nH]c5cc(OC)ccc45)[C@H]3C[C@@H]12. The predicted octanol–water partition coefficient (Wildman–Crippen LogP) is 1.77. The second-order valence-corrected chi connectivity index (χ2v) is 8.26. The molecule has 28 heavy (non-hydrogen) atoms. The van der Waals surface area contributed by atoms with Gasteiger partial charge in [0.2, 0.25) is 0 Å². The number of rotatable bonds is 2. The molecule has 0 bridgehead atoms. The number of nitrogens with one attached hydrogen (secondary N) is 2. The molecular formula is C22H27N2O4+. The standard InChI is InChI=1S/C22H26N2O4/c1-12-17-10-24-7-6-15-14-5-4-13(26-2)8-19(14)23-21(15)20(24)9-16(17)18(11-28-12)22(25)27-3/h4-5,8,11-12,16-17,20,23H,6-7,9-10H2,1-3H3/p+1/t12-,16-,17+,20-/m1/s1. The van der Waals surface area contributed by atoms with Gasteiger partial charge in [-0.05, 0) is 24.6 Å². The molecule has 6 nitrogen and oxygen atoms in total. The first-order valence-corrected chi connectivity index (χ1v) is 10.1. The summed E-state index contributed by atoms with van der Waals surface area (Å²) in [4.78, 5) is 17.6. The number of carbonyl (C=O) groups excluding carboxylic acids is 1. The molecule has 6 heteroatoms. The van der Waals surface area contributed by atoms with Crippen LogP contribution in [0.5, 0.6) is 5.75 Å². The summed E-state index contributed by atoms with van der Waals surface area (Å²) < 4.78 is 16.2. The van der Waals surface area contributed by atoms with Crippen LogP contribution in [0, 0.1) is 11.8 Å². The molecule has 2 N–H and O–H groups in total. The van der Waals surface area contributed by atoms with E-state index < -0.39 is 0 Å². The van der Waals surface area contributed by atoms with Gasteiger partial charge in [-0.1, -0.05) is 0 Å². The number of quaternary nitrogens is 1. The molecule has 1 fully saturated rings. The van der Waals surface area contributed by atoms with E-state index >= 15 is 0 Å². The summed E-state index contributed by atoms with van der Waals surface area (Å²) in [6, 6.07) is 6.64. The van der Waals surface area contributed by atoms with E-state index in [1.54, 1.807) is 18.3 Å². The van der Waals surface area contributed by atoms with E-state index in [0.717, 1.165) is 37.2 Å². The summed E-state index contributed by atoms with van der Waals surface area (Å²) >= 11 is 0. The number of hydrogen-bond acceptors (Lipinski definition) is 4. The average molecular weight is 383 g/mol. The lowest BCUT2D eigenvalue weighted by molar-refractivity contribution is -0.944. The van der Waals surface area contributed by atoms with Crippen molar-refractivity contribution in [3.8, 4) is 5.75 Å². The van der Waals surface area contributed by atoms with Crippen LogP contribution in [0.4, 0.5) is 0 Å². The second kappa shape index (κ2) is 6.55. The number of aromatic nitrogens is 1. The van der Waals surface area contributed by atoms with Crippen molar-refractivity contribution in [1.82, 2.24) is 4.98 Å². The monoisotopic (exact) mass is 383 g/mol. The minimum atomic E-state index is -0.261. The van der Waals surface area contributed by atoms with Crippen molar-refractivity contribution in [2.45, 2.75) is 31.9 Å². The third-order valence-corrected chi connectivity index (χ3v) is 7.02. The number of benzene rings is 1. The summed E-state index contributed by atoms with van der Waals surface area (Å²) in [5.41, 5.74) is 4.58. The number of esters is 1. The quantitative estimate of drug-likeness (QED) is 0.776. The van der Waals surface area contributed by atoms with Gasteiger partial charge in [0.05, 0.1) is 50.8 Å². The van der Waals surface area contributed by atoms with Crippen molar-refractivity contribution in [1.29, 1.82) is 0 Å². The predicted molar refractivity (Wildman–Crippen MR) is 104 cm³/mol. The lowest BCUT2D eigenvalue weighted by Gasteiger charge is -2.46. The van der Waals surface area contributed by atoms with Crippen molar-refractivity contribution >= 4 is 16.9 Å². The van der Waals surface area contributed by atoms with Crippen LogP contribution in [0.25, 0.3) is 10.9 Å². The lowest BCUT2D eigenvalue weighted by atomic mass is 9.72. The van der Waals surface area contributed by atoms with E-state index in [2.05, 4.69) is 24.0 Å². The van der Waals surface area contributed by atoms with Crippen molar-refractivity contribution < 1.29 is 23.9 Å². The molecule has 0 spiro atoms. The minimum Gasteiger partial charge on any atom is -0.497 e. The fourth-order valence-corrected chi connectivity index (χ4v) is 5.55. The minimum absolute atomic E-state index is 0.125. The van der Waals surface area contributed by atoms with E-state index in [0.29, 0.717) is 17.5 Å². The Morgan fingerprint density at radius 1 is 1.32 bits per heavy atom. The van der Waals surface area contributed by atoms with Gasteiger partial charge < -0.3 is 24.1 Å². The van der Waals surface area contributed by atoms with Crippen LogP contribution in [-0.4, -0.2) is 44.4 Å². The van der Waals surface area contributed by atoms with Gasteiger partial charge in [-0.25, -0.2) is 4.79 Å². The average Bonchev–Trinajstić information content (AvgIpc) is 3.10. The van der Waals surface area contributed by atoms with Crippen LogP contribution in [0.3, 0.4) is 0 Å². The molecule has 0 amide bonds. The molecule has 5 rings (SSSR count). The van der Waals surface area contributed by atoms with Crippen LogP contribution in [0.2, 0.25) is 0 Å². The highest BCUT2D eigenvalue weighted by molar-refractivity contribution is 5.89. The van der Waals surface area contributed by atoms with Gasteiger partial charge in [0.15, 0.2) is 0 Å². The van der Waals surface area contributed by atoms with Crippen LogP contribution in [0.15, 0.2) is 30.0 Å². The molecule has 3 aliphatic heterocycles. The van der Waals surface area contributed by atoms with Crippen LogP contribution < -0.4 is 9.64 Å². The van der Waals surface area contributed by atoms with E-state index in [-0.39, 0.29) is 18.0 Å². The van der Waals surface area contributed by atoms with Gasteiger partial charge in [-0.3, -0.25) is 0 Å². The topological polar surface area (TPSA) is 65.0 Å². The number of methoxy groups -OCH3 is 2. The highest BCUT2D eigenvalue weighted by Gasteiger charge is 2.49. The number of ether oxygens (including phenoxy) is 3. The molecule has 0 saturated carbocycles. The van der Waals surface area contributed by atoms with Gasteiger partial charge in [-0.2, -0.15) is 0 Å². The van der Waals surface area contributed by atoms with Gasteiger partial charge in [0.25, 0.3) is 0 Å². The van der Waals surface area contributed by atoms with Gasteiger partial charge in [0.1, 0.15) is 17.9 Å². The Kier molecular flexibility index (Phi) is 4.12. The molecule has 1 aromatic heterocycles. The third-order valence-electron chi connectivity index (χ3n) is 7.02. The van der Waals surface area contributed by atoms with Gasteiger partial charge >= 0.3 is 5.97 Å². The molecule has 1 aromatic carbocycles. The van der Waals surface area contributed by atoms with Crippen LogP contribution in [0.1, 0.15) is 30.6 Å². The first kappa shape index (κ1) is 17.6. The molecule has 1 saturated heterocycles. The van der Waals surface area contributed by atoms with Crippen molar-refractivity contribution in [3.05, 3.63) is 41.3 Å². The molecule has 1 unspecified atom stereocenters. The Balaban J connectivity index is 1.54. The Bertz CT molecular complexity index is 963. The summed E-state index contributed by atoms with van der Waals surface area (Å²) in [6.45, 7) is 4.25. The van der Waals surface area contributed by atoms with E-state index in [9.17, 15) is 4.79 Å². The van der Waals surface area contributed by atoms with Crippen molar-refractivity contribution in [2.24, 2.45) is 11.8 Å². The maximum Gasteiger partial charge on any atom is 0.337 e. The second-order valence-electron chi connectivity index (χ2n) is 8.26. The summed E-state index contributed by atoms with van der Waals surface area (Å²) in [6.07, 6.45) is 3.77. The van der Waals surface area contributed by atoms with E-state index in [1.165, 1.54) is 23.8 Å². The first-order valence-electron chi connectivity index (χ1n) is 10.1. The van der Waals surface area contributed by atoms with Crippen LogP contribution in [-0.2, 0) is 20.7 Å². The van der Waals surface area contributed by atoms with Gasteiger partial charge in [-0.15, -0.1) is 0 Å². The number of aromatic amines is 1. The molecule has 2 aromatic rings. The lowest BCUT2D eigenvalue weighted by Crippen LogP contribution is -3.15. The summed E-state index contributed by atoms with van der Waals surface area (Å²) in [5, 5.41) is 1.29. The number of fused-ring (bicyclic) bond motifs is 6. The largest absolute Gasteiger partial charge is 0.497 e. The zero-order valence-corrected chi connectivity index (χ0v) is 16.6. The first-order chi connectivity index (χ1) is 13.6. The maximum absolute atomic E-state index is 12.3. The van der Waals surface area contributed by atoms with Crippen LogP contribution >= 0.6 is 0 Å². The zero-order chi connectivity index (χ0) is 19.4. The third kappa shape index (κ3) is 2.54. The van der Waals surface area contributed by atoms with E-state index in [1.807, 2.05) is 6.07 Å². The molecule has 5 atom stereocenters. The number of carbonyl (C=O) groups is 1. The highest BCUT2D eigenvalue weighted by atomic mass is 16.5. The summed E-state index contributed by atoms with van der Waals surface area (Å²) in [5.74, 6) is 1.13. The molecule has 0 aliphatic carbocycles. The fourth-order valence-electron chi connectivity index (χ4n) is 5.55. The Hall–Kier alpha value is -2.47. The zero-order valence-electron chi connectivity index (χ0n) is 16.6. The molecule has 148 valence electrons. The summed E-state index contributed by atoms with van der Waals surface area (Å²) in [7, 11) is 3.14. The normalized spacial score (nSPS) is 31.1. The fraction of sp³-hybridized carbons (Fsp3) is 0.500. The molecular weight excluding hydrogens is 356 g/mol.